The highest BCUT2D eigenvalue weighted by Gasteiger charge is 2.80. The lowest BCUT2D eigenvalue weighted by atomic mass is 9.94. The fraction of sp³-hybridized carbons (Fsp3) is 0.167. The predicted octanol–water partition coefficient (Wildman–Crippen LogP) is 9.93. The number of halogens is 6. The standard InChI is InChI=1S/C30H20F6O2S2/c1-4-17-5-7-18(8-6-17)23-13-21(15(2)39-23)25-26(29(33,34)30(35,36)28(25,31)32)22-14-24(40-16(22)3)19-9-11-20(12-10-19)27(37)38/h4-14H,1H2,2-3H3,(H,37,38). The zero-order valence-corrected chi connectivity index (χ0v) is 22.6. The van der Waals surface area contributed by atoms with Crippen molar-refractivity contribution >= 4 is 45.9 Å². The highest BCUT2D eigenvalue weighted by molar-refractivity contribution is 7.16. The average molecular weight is 591 g/mol. The molecule has 0 atom stereocenters. The van der Waals surface area contributed by atoms with Crippen LogP contribution in [-0.4, -0.2) is 28.8 Å². The van der Waals surface area contributed by atoms with Crippen molar-refractivity contribution in [2.45, 2.75) is 31.6 Å². The maximum absolute atomic E-state index is 15.4. The Hall–Kier alpha value is -3.63. The van der Waals surface area contributed by atoms with Gasteiger partial charge in [-0.25, -0.2) is 4.79 Å². The van der Waals surface area contributed by atoms with Gasteiger partial charge in [-0.1, -0.05) is 49.1 Å². The molecule has 0 bridgehead atoms. The minimum absolute atomic E-state index is 0.00766. The lowest BCUT2D eigenvalue weighted by Crippen LogP contribution is -2.48. The van der Waals surface area contributed by atoms with E-state index < -0.39 is 40.4 Å². The van der Waals surface area contributed by atoms with Crippen LogP contribution < -0.4 is 0 Å². The summed E-state index contributed by atoms with van der Waals surface area (Å²) >= 11 is 2.01. The van der Waals surface area contributed by atoms with Crippen LogP contribution in [0.2, 0.25) is 0 Å². The molecule has 2 aromatic carbocycles. The molecule has 5 rings (SSSR count). The second-order valence-corrected chi connectivity index (χ2v) is 11.9. The van der Waals surface area contributed by atoms with Crippen LogP contribution in [-0.2, 0) is 0 Å². The molecule has 0 saturated heterocycles. The Balaban J connectivity index is 1.71. The van der Waals surface area contributed by atoms with Gasteiger partial charge >= 0.3 is 23.7 Å². The number of allylic oxidation sites excluding steroid dienone is 2. The lowest BCUT2D eigenvalue weighted by Gasteiger charge is -2.25. The monoisotopic (exact) mass is 590 g/mol. The SMILES string of the molecule is C=Cc1ccc(-c2cc(C3=C(c4cc(-c5ccc(C(=O)O)cc5)sc4C)C(F)(F)C(F)(F)C3(F)F)c(C)s2)cc1. The van der Waals surface area contributed by atoms with Gasteiger partial charge in [0.1, 0.15) is 0 Å². The molecule has 2 aromatic heterocycles. The van der Waals surface area contributed by atoms with Crippen LogP contribution in [0.15, 0.2) is 67.2 Å². The molecule has 10 heteroatoms. The highest BCUT2D eigenvalue weighted by Crippen LogP contribution is 2.66. The number of alkyl halides is 6. The number of benzene rings is 2. The first kappa shape index (κ1) is 27.9. The van der Waals surface area contributed by atoms with Crippen LogP contribution in [0.4, 0.5) is 26.3 Å². The number of carboxylic acids is 1. The highest BCUT2D eigenvalue weighted by atomic mass is 32.1. The molecule has 40 heavy (non-hydrogen) atoms. The Morgan fingerprint density at radius 2 is 1.15 bits per heavy atom. The van der Waals surface area contributed by atoms with Crippen molar-refractivity contribution in [3.8, 4) is 20.9 Å². The Kier molecular flexibility index (Phi) is 6.62. The molecular formula is C30H20F6O2S2. The predicted molar refractivity (Wildman–Crippen MR) is 148 cm³/mol. The normalized spacial score (nSPS) is 17.3. The number of hydrogen-bond acceptors (Lipinski definition) is 3. The van der Waals surface area contributed by atoms with E-state index in [1.807, 2.05) is 0 Å². The van der Waals surface area contributed by atoms with E-state index in [1.165, 1.54) is 50.2 Å². The minimum atomic E-state index is -5.66. The third kappa shape index (κ3) is 4.12. The largest absolute Gasteiger partial charge is 0.478 e. The molecule has 206 valence electrons. The Morgan fingerprint density at radius 1 is 0.750 bits per heavy atom. The summed E-state index contributed by atoms with van der Waals surface area (Å²) in [6.07, 6.45) is 1.62. The Bertz CT molecular complexity index is 1680. The van der Waals surface area contributed by atoms with E-state index >= 15 is 17.6 Å². The van der Waals surface area contributed by atoms with Crippen molar-refractivity contribution in [3.05, 3.63) is 99.3 Å². The van der Waals surface area contributed by atoms with Crippen molar-refractivity contribution in [2.75, 3.05) is 0 Å². The summed E-state index contributed by atoms with van der Waals surface area (Å²) in [5, 5.41) is 9.12. The van der Waals surface area contributed by atoms with Gasteiger partial charge in [-0.05, 0) is 65.9 Å². The first-order valence-electron chi connectivity index (χ1n) is 11.9. The van der Waals surface area contributed by atoms with E-state index in [-0.39, 0.29) is 20.9 Å². The second-order valence-electron chi connectivity index (χ2n) is 9.34. The van der Waals surface area contributed by atoms with Crippen molar-refractivity contribution in [2.24, 2.45) is 0 Å². The van der Waals surface area contributed by atoms with Crippen LogP contribution in [0.3, 0.4) is 0 Å². The Labute approximate surface area is 233 Å². The van der Waals surface area contributed by atoms with Crippen LogP contribution in [0, 0.1) is 13.8 Å². The summed E-state index contributed by atoms with van der Waals surface area (Å²) in [6, 6.07) is 14.9. The molecule has 0 radical (unpaired) electrons. The quantitative estimate of drug-likeness (QED) is 0.227. The molecule has 2 nitrogen and oxygen atoms in total. The second kappa shape index (κ2) is 9.49. The van der Waals surface area contributed by atoms with Gasteiger partial charge in [-0.15, -0.1) is 22.7 Å². The molecule has 1 aliphatic carbocycles. The van der Waals surface area contributed by atoms with Gasteiger partial charge in [0.2, 0.25) is 0 Å². The molecule has 0 amide bonds. The smallest absolute Gasteiger partial charge is 0.380 e. The third-order valence-corrected chi connectivity index (χ3v) is 9.09. The van der Waals surface area contributed by atoms with E-state index in [2.05, 4.69) is 6.58 Å². The first-order valence-corrected chi connectivity index (χ1v) is 13.5. The molecular weight excluding hydrogens is 570 g/mol. The molecule has 0 aliphatic heterocycles. The van der Waals surface area contributed by atoms with Crippen LogP contribution in [0.25, 0.3) is 38.1 Å². The Morgan fingerprint density at radius 3 is 1.52 bits per heavy atom. The molecule has 1 N–H and O–H groups in total. The summed E-state index contributed by atoms with van der Waals surface area (Å²) in [4.78, 5) is 12.3. The lowest BCUT2D eigenvalue weighted by molar-refractivity contribution is -0.254. The molecule has 0 fully saturated rings. The van der Waals surface area contributed by atoms with E-state index in [0.717, 1.165) is 28.2 Å². The first-order chi connectivity index (χ1) is 18.7. The zero-order chi connectivity index (χ0) is 29.2. The molecule has 0 unspecified atom stereocenters. The van der Waals surface area contributed by atoms with Crippen LogP contribution in [0.5, 0.6) is 0 Å². The fourth-order valence-electron chi connectivity index (χ4n) is 4.74. The van der Waals surface area contributed by atoms with Gasteiger partial charge in [0.15, 0.2) is 0 Å². The number of aromatic carboxylic acids is 1. The molecule has 0 saturated carbocycles. The topological polar surface area (TPSA) is 37.3 Å². The summed E-state index contributed by atoms with van der Waals surface area (Å²) in [5.41, 5.74) is -1.70. The number of thiophene rings is 2. The van der Waals surface area contributed by atoms with Gasteiger partial charge in [-0.2, -0.15) is 26.3 Å². The maximum atomic E-state index is 15.4. The van der Waals surface area contributed by atoms with Gasteiger partial charge in [0.25, 0.3) is 0 Å². The summed E-state index contributed by atoms with van der Waals surface area (Å²) in [6.45, 7) is 6.51. The van der Waals surface area contributed by atoms with Crippen molar-refractivity contribution in [1.29, 1.82) is 0 Å². The molecule has 1 aliphatic rings. The van der Waals surface area contributed by atoms with Gasteiger partial charge in [0.05, 0.1) is 5.56 Å². The van der Waals surface area contributed by atoms with E-state index in [4.69, 9.17) is 5.11 Å². The van der Waals surface area contributed by atoms with E-state index in [0.29, 0.717) is 20.9 Å². The van der Waals surface area contributed by atoms with Gasteiger partial charge in [-0.3, -0.25) is 0 Å². The molecule has 4 aromatic rings. The number of aryl methyl sites for hydroxylation is 2. The average Bonchev–Trinajstić information content (AvgIpc) is 3.51. The molecule has 0 spiro atoms. The number of carboxylic acid groups (broad SMARTS) is 1. The van der Waals surface area contributed by atoms with Crippen LogP contribution in [0.1, 0.15) is 36.8 Å². The fourth-order valence-corrected chi connectivity index (χ4v) is 6.80. The zero-order valence-electron chi connectivity index (χ0n) is 21.0. The van der Waals surface area contributed by atoms with Crippen molar-refractivity contribution in [3.63, 3.8) is 0 Å². The number of carbonyl (C=O) groups is 1. The van der Waals surface area contributed by atoms with Gasteiger partial charge < -0.3 is 5.11 Å². The third-order valence-electron chi connectivity index (χ3n) is 6.89. The maximum Gasteiger partial charge on any atom is 0.380 e. The van der Waals surface area contributed by atoms with E-state index in [1.54, 1.807) is 30.3 Å². The van der Waals surface area contributed by atoms with E-state index in [9.17, 15) is 13.6 Å². The molecule has 2 heterocycles. The summed E-state index contributed by atoms with van der Waals surface area (Å²) in [7, 11) is 0. The number of rotatable bonds is 6. The van der Waals surface area contributed by atoms with Crippen molar-refractivity contribution in [1.82, 2.24) is 0 Å². The summed E-state index contributed by atoms with van der Waals surface area (Å²) < 4.78 is 91.5. The minimum Gasteiger partial charge on any atom is -0.478 e. The summed E-state index contributed by atoms with van der Waals surface area (Å²) in [5.74, 6) is -17.1. The number of hydrogen-bond donors (Lipinski definition) is 1. The van der Waals surface area contributed by atoms with Crippen molar-refractivity contribution < 1.29 is 36.2 Å². The van der Waals surface area contributed by atoms with Gasteiger partial charge in [0, 0.05) is 30.7 Å². The van der Waals surface area contributed by atoms with Crippen LogP contribution >= 0.6 is 22.7 Å².